The molecule has 0 spiro atoms. The predicted molar refractivity (Wildman–Crippen MR) is 430 cm³/mol. The van der Waals surface area contributed by atoms with Crippen LogP contribution in [0, 0.1) is 30.1 Å². The first-order chi connectivity index (χ1) is 56.7. The second kappa shape index (κ2) is 40.8. The number of hydrogen-bond donors (Lipinski definition) is 5. The molecule has 6 aliphatic heterocycles. The van der Waals surface area contributed by atoms with Gasteiger partial charge in [0.05, 0.1) is 14.2 Å². The number of esters is 3. The average molecular weight is 1760 g/mol. The van der Waals surface area contributed by atoms with Gasteiger partial charge in [0.1, 0.15) is 72.2 Å². The molecule has 32 nitrogen and oxygen atoms in total. The molecule has 33 heteroatoms. The third kappa shape index (κ3) is 22.8. The number of benzene rings is 4. The van der Waals surface area contributed by atoms with Crippen LogP contribution in [0.2, 0.25) is 0 Å². The number of rotatable bonds is 21. The molecule has 12 rings (SSSR count). The van der Waals surface area contributed by atoms with Crippen molar-refractivity contribution in [3.8, 4) is 33.8 Å². The van der Waals surface area contributed by atoms with Crippen LogP contribution < -0.4 is 20.1 Å². The van der Waals surface area contributed by atoms with Crippen LogP contribution in [0.25, 0.3) is 22.3 Å². The monoisotopic (exact) mass is 1760 g/mol. The molecule has 6 amide bonds. The number of hydrogen-bond acceptors (Lipinski definition) is 25. The number of aliphatic carboxylic acids is 1. The quantitative estimate of drug-likeness (QED) is 0.0224. The molecular formula is C88H111N6O26Y-. The van der Waals surface area contributed by atoms with E-state index in [0.29, 0.717) is 91.5 Å². The summed E-state index contributed by atoms with van der Waals surface area (Å²) >= 11 is 0. The van der Waals surface area contributed by atoms with E-state index in [-0.39, 0.29) is 144 Å². The van der Waals surface area contributed by atoms with E-state index >= 15 is 0 Å². The number of aryl methyl sites for hydroxylation is 2. The number of carboxylic acid groups (broad SMARTS) is 1. The molecule has 653 valence electrons. The Morgan fingerprint density at radius 1 is 0.529 bits per heavy atom. The third-order valence-electron chi connectivity index (χ3n) is 22.6. The summed E-state index contributed by atoms with van der Waals surface area (Å²) in [6, 6.07) is 12.0. The number of nitrogens with one attached hydrogen (secondary N) is 2. The number of Topliss-reactive ketones (excluding diaryl/α,β-unsaturated/α-hetero) is 4. The van der Waals surface area contributed by atoms with Gasteiger partial charge in [-0.3, -0.25) is 33.8 Å². The number of carboxylic acids is 1. The topological polar surface area (TPSA) is 420 Å². The Hall–Kier alpha value is -10.0. The maximum atomic E-state index is 13.8. The van der Waals surface area contributed by atoms with Gasteiger partial charge in [0, 0.05) is 105 Å². The number of carbonyl (C=O) groups is 14. The van der Waals surface area contributed by atoms with Gasteiger partial charge in [-0.15, -0.1) is 11.1 Å². The van der Waals surface area contributed by atoms with E-state index in [2.05, 4.69) is 15.4 Å². The summed E-state index contributed by atoms with van der Waals surface area (Å²) in [5.41, 5.74) is 6.89. The summed E-state index contributed by atoms with van der Waals surface area (Å²) in [5, 5.41) is 33.0. The minimum atomic E-state index is -1.06. The van der Waals surface area contributed by atoms with E-state index in [0.717, 1.165) is 50.9 Å². The van der Waals surface area contributed by atoms with Crippen molar-refractivity contribution in [2.45, 2.75) is 239 Å². The Morgan fingerprint density at radius 2 is 0.959 bits per heavy atom. The van der Waals surface area contributed by atoms with E-state index in [9.17, 15) is 82.4 Å². The van der Waals surface area contributed by atoms with Gasteiger partial charge >= 0.3 is 48.3 Å². The van der Waals surface area contributed by atoms with E-state index in [4.69, 9.17) is 37.9 Å². The van der Waals surface area contributed by atoms with Crippen molar-refractivity contribution < 1.29 is 158 Å². The van der Waals surface area contributed by atoms with Crippen molar-refractivity contribution in [3.05, 3.63) is 112 Å². The molecule has 121 heavy (non-hydrogen) atoms. The van der Waals surface area contributed by atoms with Gasteiger partial charge in [-0.05, 0) is 195 Å². The summed E-state index contributed by atoms with van der Waals surface area (Å²) in [5.74, 6) is -4.59. The van der Waals surface area contributed by atoms with Crippen molar-refractivity contribution in [2.24, 2.45) is 23.7 Å². The molecule has 0 saturated carbocycles. The number of alkyl carbamates (subject to hydrolysis) is 2. The zero-order valence-corrected chi connectivity index (χ0v) is 73.9. The zero-order chi connectivity index (χ0) is 87.7. The average Bonchev–Trinajstić information content (AvgIpc) is 1.51. The Bertz CT molecular complexity index is 4610. The SMILES string of the molecule is CC(C)(C)OC(=O)N1C[C@@H](CCO)C[C@H]1C(=O)OCC(=O)c1ccc2c(c1)COc1cc3c(cc1-2)CC[CH-]C3=O.COC(=O)N[C@H](C(=O)N1[C@@H](C)CC[C@H]1C(=O)O)C(C)C.COC(=O)N[C@H](C(=O)N1[C@@H](C)CC[C@H]1C(=O)OC1CCc2cc3c(cc2C1=O)OCc1cc(C(=O)COC(=O)[C@@H]2C[C@H](CCO)CN2C(=O)OC(C)(C)C)ccc1-3)C(C)C.[Y]. The van der Waals surface area contributed by atoms with E-state index in [1.807, 2.05) is 32.0 Å². The fourth-order valence-electron chi connectivity index (χ4n) is 16.4. The van der Waals surface area contributed by atoms with Crippen LogP contribution in [0.4, 0.5) is 19.2 Å². The standard InChI is InChI=1S/C44H55N3O13.C31H34NO8.C13H22N2O5.Y/c1-23(2)37(45-42(54)56-7)39(51)47-24(3)8-12-32(47)41(53)59-35-13-10-26-18-31-29-11-9-27(17-28(29)21-57-36(31)19-30(26)38(35)50)34(49)22-58-40(52)33-16-25(14-15-48)20-46(33)43(55)60-44(4,5)6;1-31(2,3)40-30(37)32-15-18(9-10-33)11-25(32)29(36)39-17-27(35)20-7-8-22-21(12-20)16-38-28-14-23-19(13-24(22)28)5-4-6-26(23)34;1-7(2)10(14-13(19)20-4)11(16)15-8(3)5-6-9(15)12(17)18;/h9,11,17-19,23-25,32-33,35,37,48H,8,10,12-16,20-22H2,1-7H3,(H,45,54);6-8,12-14,18,25,33H,4-5,9-11,15-17H2,1-3H3;7-10H,5-6H2,1-4H3,(H,14,19)(H,17,18);/q;-1;;/t24-,25-,32-,33-,35?,37-;18-,25-;8-,9-,10-;/m000./s1. The predicted octanol–water partition coefficient (Wildman–Crippen LogP) is 9.92. The van der Waals surface area contributed by atoms with Crippen molar-refractivity contribution in [2.75, 3.05) is 53.7 Å². The first kappa shape index (κ1) is 94.8. The Morgan fingerprint density at radius 3 is 1.38 bits per heavy atom. The Labute approximate surface area is 728 Å². The molecule has 5 N–H and O–H groups in total. The van der Waals surface area contributed by atoms with E-state index in [1.54, 1.807) is 118 Å². The van der Waals surface area contributed by atoms with Crippen LogP contribution in [0.5, 0.6) is 11.5 Å². The van der Waals surface area contributed by atoms with Crippen LogP contribution in [0.3, 0.4) is 0 Å². The maximum Gasteiger partial charge on any atom is 0.411 e. The number of methoxy groups -OCH3 is 2. The molecule has 8 aliphatic rings. The number of ether oxygens (including phenoxy) is 9. The molecule has 1 radical (unpaired) electrons. The number of aliphatic hydroxyl groups is 2. The molecular weight excluding hydrogens is 1650 g/mol. The second-order valence-electron chi connectivity index (χ2n) is 34.3. The van der Waals surface area contributed by atoms with Crippen LogP contribution in [0.15, 0.2) is 60.7 Å². The molecule has 4 fully saturated rings. The van der Waals surface area contributed by atoms with Gasteiger partial charge in [0.25, 0.3) is 0 Å². The molecule has 1 unspecified atom stereocenters. The minimum absolute atomic E-state index is 0. The normalized spacial score (nSPS) is 21.5. The first-order valence-corrected chi connectivity index (χ1v) is 40.9. The van der Waals surface area contributed by atoms with Gasteiger partial charge in [0.2, 0.25) is 17.6 Å². The van der Waals surface area contributed by atoms with Gasteiger partial charge < -0.3 is 83.2 Å². The summed E-state index contributed by atoms with van der Waals surface area (Å²) < 4.78 is 48.8. The van der Waals surface area contributed by atoms with Crippen LogP contribution in [-0.2, 0) is 121 Å². The maximum absolute atomic E-state index is 13.8. The van der Waals surface area contributed by atoms with Crippen molar-refractivity contribution >= 4 is 83.2 Å². The molecule has 2 aliphatic carbocycles. The number of nitrogens with zero attached hydrogens (tertiary/aromatic N) is 4. The fourth-order valence-corrected chi connectivity index (χ4v) is 16.4. The van der Waals surface area contributed by atoms with Gasteiger partial charge in [-0.25, -0.2) is 38.4 Å². The second-order valence-corrected chi connectivity index (χ2v) is 34.3. The van der Waals surface area contributed by atoms with Crippen LogP contribution in [-0.4, -0.2) is 237 Å². The number of ketones is 4. The summed E-state index contributed by atoms with van der Waals surface area (Å²) in [7, 11) is 2.43. The number of likely N-dealkylation sites (tertiary alicyclic amines) is 4. The molecule has 11 atom stereocenters. The van der Waals surface area contributed by atoms with Gasteiger partial charge in [-0.1, -0.05) is 76.9 Å². The molecule has 4 aromatic rings. The van der Waals surface area contributed by atoms with Crippen molar-refractivity contribution in [1.29, 1.82) is 0 Å². The van der Waals surface area contributed by atoms with Gasteiger partial charge in [0.15, 0.2) is 30.9 Å². The minimum Gasteiger partial charge on any atom is -0.490 e. The molecule has 0 bridgehead atoms. The smallest absolute Gasteiger partial charge is 0.411 e. The Balaban J connectivity index is 0.000000233. The largest absolute Gasteiger partial charge is 0.490 e. The van der Waals surface area contributed by atoms with E-state index < -0.39 is 127 Å². The molecule has 0 aromatic heterocycles. The number of aliphatic hydroxyl groups excluding tert-OH is 2. The Kier molecular flexibility index (Phi) is 31.9. The summed E-state index contributed by atoms with van der Waals surface area (Å²) in [6.45, 7) is 20.9. The molecule has 4 saturated heterocycles. The number of fused-ring (bicyclic) bond motifs is 8. The summed E-state index contributed by atoms with van der Waals surface area (Å²) in [6.07, 6.45) is 3.51. The van der Waals surface area contributed by atoms with Crippen molar-refractivity contribution in [3.63, 3.8) is 0 Å². The molecule has 4 aromatic carbocycles. The zero-order valence-electron chi connectivity index (χ0n) is 71.1. The molecule has 6 heterocycles. The number of carbonyl (C=O) groups excluding carboxylic acids is 13. The first-order valence-electron chi connectivity index (χ1n) is 40.9. The van der Waals surface area contributed by atoms with E-state index in [1.165, 1.54) is 33.8 Å². The van der Waals surface area contributed by atoms with Crippen molar-refractivity contribution in [1.82, 2.24) is 30.2 Å². The third-order valence-corrected chi connectivity index (χ3v) is 22.6. The fraction of sp³-hybridized carbons (Fsp3) is 0.557. The number of amides is 6. The van der Waals surface area contributed by atoms with Crippen LogP contribution in [0.1, 0.15) is 211 Å². The van der Waals surface area contributed by atoms with Crippen LogP contribution >= 0.6 is 0 Å². The summed E-state index contributed by atoms with van der Waals surface area (Å²) in [4.78, 5) is 184. The van der Waals surface area contributed by atoms with Gasteiger partial charge in [-0.2, -0.15) is 6.42 Å².